The lowest BCUT2D eigenvalue weighted by molar-refractivity contribution is -0.0300. The van der Waals surface area contributed by atoms with Crippen molar-refractivity contribution in [3.63, 3.8) is 0 Å². The third kappa shape index (κ3) is 4.53. The molecule has 3 nitrogen and oxygen atoms in total. The second-order valence-electron chi connectivity index (χ2n) is 6.35. The number of benzene rings is 1. The summed E-state index contributed by atoms with van der Waals surface area (Å²) < 4.78 is 5.83. The molecule has 0 saturated carbocycles. The number of ether oxygens (including phenoxy) is 1. The van der Waals surface area contributed by atoms with Gasteiger partial charge in [-0.25, -0.2) is 0 Å². The van der Waals surface area contributed by atoms with E-state index in [1.807, 2.05) is 0 Å². The smallest absolute Gasteiger partial charge is 0.0702 e. The Balaban J connectivity index is 1.95. The maximum absolute atomic E-state index is 6.14. The van der Waals surface area contributed by atoms with Gasteiger partial charge in [0.15, 0.2) is 0 Å². The van der Waals surface area contributed by atoms with Crippen molar-refractivity contribution >= 4 is 0 Å². The van der Waals surface area contributed by atoms with Gasteiger partial charge in [-0.15, -0.1) is 0 Å². The molecule has 0 bridgehead atoms. The zero-order valence-corrected chi connectivity index (χ0v) is 13.6. The predicted molar refractivity (Wildman–Crippen MR) is 88.4 cm³/mol. The standard InChI is InChI=1S/C18H30N2O/c1-3-21-17-10-7-13-20(14-17)18(2,15-19)12-11-16-8-5-4-6-9-16/h4-6,8-9,17H,3,7,10-15,19H2,1-2H3. The van der Waals surface area contributed by atoms with Gasteiger partial charge in [-0.05, 0) is 51.6 Å². The van der Waals surface area contributed by atoms with E-state index in [0.717, 1.165) is 32.5 Å². The van der Waals surface area contributed by atoms with Crippen LogP contribution in [0.1, 0.15) is 38.7 Å². The van der Waals surface area contributed by atoms with Gasteiger partial charge in [0.05, 0.1) is 6.10 Å². The molecule has 1 aromatic carbocycles. The number of hydrogen-bond acceptors (Lipinski definition) is 3. The van der Waals surface area contributed by atoms with Crippen LogP contribution in [0, 0.1) is 0 Å². The van der Waals surface area contributed by atoms with E-state index in [0.29, 0.717) is 12.6 Å². The Morgan fingerprint density at radius 1 is 1.33 bits per heavy atom. The van der Waals surface area contributed by atoms with Gasteiger partial charge in [-0.2, -0.15) is 0 Å². The molecule has 2 N–H and O–H groups in total. The van der Waals surface area contributed by atoms with Gasteiger partial charge in [-0.1, -0.05) is 30.3 Å². The van der Waals surface area contributed by atoms with Crippen LogP contribution >= 0.6 is 0 Å². The van der Waals surface area contributed by atoms with Crippen LogP contribution < -0.4 is 5.73 Å². The molecule has 1 fully saturated rings. The van der Waals surface area contributed by atoms with Crippen LogP contribution in [0.4, 0.5) is 0 Å². The SMILES string of the molecule is CCOC1CCCN(C(C)(CN)CCc2ccccc2)C1. The first kappa shape index (κ1) is 16.5. The highest BCUT2D eigenvalue weighted by Crippen LogP contribution is 2.26. The zero-order valence-electron chi connectivity index (χ0n) is 13.6. The van der Waals surface area contributed by atoms with Crippen molar-refractivity contribution in [2.45, 2.75) is 51.2 Å². The summed E-state index contributed by atoms with van der Waals surface area (Å²) >= 11 is 0. The van der Waals surface area contributed by atoms with Crippen LogP contribution in [0.5, 0.6) is 0 Å². The van der Waals surface area contributed by atoms with Crippen LogP contribution in [-0.2, 0) is 11.2 Å². The van der Waals surface area contributed by atoms with Crippen LogP contribution in [0.3, 0.4) is 0 Å². The molecule has 118 valence electrons. The summed E-state index contributed by atoms with van der Waals surface area (Å²) in [6.45, 7) is 8.07. The largest absolute Gasteiger partial charge is 0.377 e. The summed E-state index contributed by atoms with van der Waals surface area (Å²) in [6, 6.07) is 10.7. The molecule has 0 spiro atoms. The maximum atomic E-state index is 6.14. The van der Waals surface area contributed by atoms with Gasteiger partial charge in [0.1, 0.15) is 0 Å². The third-order valence-electron chi connectivity index (χ3n) is 4.78. The highest BCUT2D eigenvalue weighted by molar-refractivity contribution is 5.15. The summed E-state index contributed by atoms with van der Waals surface area (Å²) in [7, 11) is 0. The Morgan fingerprint density at radius 2 is 2.10 bits per heavy atom. The van der Waals surface area contributed by atoms with E-state index in [1.54, 1.807) is 0 Å². The third-order valence-corrected chi connectivity index (χ3v) is 4.78. The minimum Gasteiger partial charge on any atom is -0.377 e. The van der Waals surface area contributed by atoms with E-state index in [1.165, 1.54) is 18.4 Å². The number of hydrogen-bond donors (Lipinski definition) is 1. The molecule has 2 rings (SSSR count). The molecule has 1 heterocycles. The van der Waals surface area contributed by atoms with Gasteiger partial charge in [-0.3, -0.25) is 4.90 Å². The fraction of sp³-hybridized carbons (Fsp3) is 0.667. The molecule has 2 atom stereocenters. The van der Waals surface area contributed by atoms with Crippen LogP contribution in [-0.4, -0.2) is 42.8 Å². The predicted octanol–water partition coefficient (Wildman–Crippen LogP) is 2.84. The van der Waals surface area contributed by atoms with Gasteiger partial charge < -0.3 is 10.5 Å². The molecule has 0 aliphatic carbocycles. The molecule has 1 saturated heterocycles. The Kier molecular flexibility index (Phi) is 6.22. The van der Waals surface area contributed by atoms with Crippen molar-refractivity contribution in [3.8, 4) is 0 Å². The topological polar surface area (TPSA) is 38.5 Å². The van der Waals surface area contributed by atoms with Gasteiger partial charge in [0.25, 0.3) is 0 Å². The first-order valence-electron chi connectivity index (χ1n) is 8.28. The van der Waals surface area contributed by atoms with Crippen molar-refractivity contribution in [3.05, 3.63) is 35.9 Å². The minimum atomic E-state index is 0.0750. The number of rotatable bonds is 7. The van der Waals surface area contributed by atoms with E-state index in [-0.39, 0.29) is 5.54 Å². The van der Waals surface area contributed by atoms with E-state index in [4.69, 9.17) is 10.5 Å². The van der Waals surface area contributed by atoms with Crippen molar-refractivity contribution < 1.29 is 4.74 Å². The molecule has 1 aliphatic heterocycles. The number of aryl methyl sites for hydroxylation is 1. The van der Waals surface area contributed by atoms with E-state index in [9.17, 15) is 0 Å². The molecule has 0 aromatic heterocycles. The number of nitrogens with zero attached hydrogens (tertiary/aromatic N) is 1. The summed E-state index contributed by atoms with van der Waals surface area (Å²) in [5.41, 5.74) is 7.61. The molecule has 1 aliphatic rings. The van der Waals surface area contributed by atoms with E-state index >= 15 is 0 Å². The number of nitrogens with two attached hydrogens (primary N) is 1. The van der Waals surface area contributed by atoms with Gasteiger partial charge >= 0.3 is 0 Å². The van der Waals surface area contributed by atoms with Crippen molar-refractivity contribution in [2.24, 2.45) is 5.73 Å². The number of piperidine rings is 1. The van der Waals surface area contributed by atoms with Gasteiger partial charge in [0, 0.05) is 25.2 Å². The Bertz CT molecular complexity index is 407. The molecule has 21 heavy (non-hydrogen) atoms. The molecule has 1 aromatic rings. The maximum Gasteiger partial charge on any atom is 0.0702 e. The summed E-state index contributed by atoms with van der Waals surface area (Å²) in [5.74, 6) is 0. The Hall–Kier alpha value is -0.900. The lowest BCUT2D eigenvalue weighted by Crippen LogP contribution is -2.56. The molecule has 3 heteroatoms. The number of likely N-dealkylation sites (tertiary alicyclic amines) is 1. The summed E-state index contributed by atoms with van der Waals surface area (Å²) in [6.07, 6.45) is 4.97. The van der Waals surface area contributed by atoms with E-state index in [2.05, 4.69) is 49.1 Å². The molecule has 0 radical (unpaired) electrons. The monoisotopic (exact) mass is 290 g/mol. The molecule has 0 amide bonds. The Morgan fingerprint density at radius 3 is 2.76 bits per heavy atom. The van der Waals surface area contributed by atoms with Crippen LogP contribution in [0.2, 0.25) is 0 Å². The normalized spacial score (nSPS) is 22.9. The molecular formula is C18H30N2O. The highest BCUT2D eigenvalue weighted by atomic mass is 16.5. The van der Waals surface area contributed by atoms with Crippen molar-refractivity contribution in [2.75, 3.05) is 26.2 Å². The van der Waals surface area contributed by atoms with Crippen LogP contribution in [0.25, 0.3) is 0 Å². The van der Waals surface area contributed by atoms with Crippen molar-refractivity contribution in [1.82, 2.24) is 4.90 Å². The lowest BCUT2D eigenvalue weighted by atomic mass is 9.89. The molecule has 2 unspecified atom stereocenters. The lowest BCUT2D eigenvalue weighted by Gasteiger charge is -2.45. The highest BCUT2D eigenvalue weighted by Gasteiger charge is 2.34. The van der Waals surface area contributed by atoms with Crippen molar-refractivity contribution in [1.29, 1.82) is 0 Å². The first-order valence-corrected chi connectivity index (χ1v) is 8.28. The van der Waals surface area contributed by atoms with Gasteiger partial charge in [0.2, 0.25) is 0 Å². The van der Waals surface area contributed by atoms with E-state index < -0.39 is 0 Å². The molecular weight excluding hydrogens is 260 g/mol. The quantitative estimate of drug-likeness (QED) is 0.839. The Labute approximate surface area is 129 Å². The minimum absolute atomic E-state index is 0.0750. The fourth-order valence-corrected chi connectivity index (χ4v) is 3.25. The fourth-order valence-electron chi connectivity index (χ4n) is 3.25. The second-order valence-corrected chi connectivity index (χ2v) is 6.35. The average molecular weight is 290 g/mol. The average Bonchev–Trinajstić information content (AvgIpc) is 2.54. The van der Waals surface area contributed by atoms with Crippen LogP contribution in [0.15, 0.2) is 30.3 Å². The first-order chi connectivity index (χ1) is 10.2. The second kappa shape index (κ2) is 7.92. The zero-order chi connectivity index (χ0) is 15.1. The summed E-state index contributed by atoms with van der Waals surface area (Å²) in [4.78, 5) is 2.56. The summed E-state index contributed by atoms with van der Waals surface area (Å²) in [5, 5.41) is 0.